The third kappa shape index (κ3) is 4.49. The van der Waals surface area contributed by atoms with Crippen LogP contribution >= 0.6 is 0 Å². The Morgan fingerprint density at radius 1 is 1.13 bits per heavy atom. The molecule has 4 amide bonds. The summed E-state index contributed by atoms with van der Waals surface area (Å²) in [5.41, 5.74) is 1.70. The molecule has 0 unspecified atom stereocenters. The van der Waals surface area contributed by atoms with Gasteiger partial charge in [-0.25, -0.2) is 9.18 Å². The largest absolute Gasteiger partial charge is 0.348 e. The van der Waals surface area contributed by atoms with Crippen LogP contribution in [-0.2, 0) is 11.3 Å². The molecule has 8 heteroatoms. The first kappa shape index (κ1) is 20.0. The molecule has 156 valence electrons. The molecule has 0 radical (unpaired) electrons. The van der Waals surface area contributed by atoms with Crippen LogP contribution in [0, 0.1) is 5.82 Å². The minimum Gasteiger partial charge on any atom is -0.348 e. The normalized spacial score (nSPS) is 19.6. The molecule has 0 bridgehead atoms. The van der Waals surface area contributed by atoms with Crippen molar-refractivity contribution in [2.24, 2.45) is 0 Å². The van der Waals surface area contributed by atoms with Crippen LogP contribution in [0.4, 0.5) is 14.9 Å². The number of nitrogens with one attached hydrogen (secondary N) is 2. The first-order chi connectivity index (χ1) is 14.5. The second-order valence-corrected chi connectivity index (χ2v) is 7.63. The fourth-order valence-corrected chi connectivity index (χ4v) is 3.90. The minimum absolute atomic E-state index is 0.0142. The lowest BCUT2D eigenvalue weighted by Crippen LogP contribution is -2.47. The van der Waals surface area contributed by atoms with Gasteiger partial charge in [0.15, 0.2) is 0 Å². The molecule has 2 aliphatic heterocycles. The van der Waals surface area contributed by atoms with Crippen LogP contribution in [0.25, 0.3) is 0 Å². The molecule has 2 N–H and O–H groups in total. The van der Waals surface area contributed by atoms with Gasteiger partial charge in [0, 0.05) is 35.9 Å². The quantitative estimate of drug-likeness (QED) is 0.741. The Labute approximate surface area is 173 Å². The molecule has 4 rings (SSSR count). The van der Waals surface area contributed by atoms with Crippen LogP contribution in [0.5, 0.6) is 0 Å². The molecule has 30 heavy (non-hydrogen) atoms. The van der Waals surface area contributed by atoms with E-state index in [1.54, 1.807) is 36.4 Å². The zero-order valence-electron chi connectivity index (χ0n) is 16.4. The van der Waals surface area contributed by atoms with E-state index in [4.69, 9.17) is 0 Å². The second-order valence-electron chi connectivity index (χ2n) is 7.63. The highest BCUT2D eigenvalue weighted by Gasteiger charge is 2.28. The molecular formula is C22H23FN4O3. The van der Waals surface area contributed by atoms with Gasteiger partial charge in [-0.05, 0) is 49.7 Å². The lowest BCUT2D eigenvalue weighted by atomic mass is 10.0. The maximum absolute atomic E-state index is 13.9. The summed E-state index contributed by atoms with van der Waals surface area (Å²) >= 11 is 0. The number of amides is 4. The first-order valence-corrected chi connectivity index (χ1v) is 9.97. The summed E-state index contributed by atoms with van der Waals surface area (Å²) in [5, 5.41) is 5.27. The summed E-state index contributed by atoms with van der Waals surface area (Å²) in [6, 6.07) is 12.9. The van der Waals surface area contributed by atoms with Gasteiger partial charge in [-0.3, -0.25) is 24.7 Å². The fraction of sp³-hybridized carbons (Fsp3) is 0.318. The van der Waals surface area contributed by atoms with Gasteiger partial charge in [0.1, 0.15) is 12.4 Å². The van der Waals surface area contributed by atoms with E-state index < -0.39 is 6.03 Å². The summed E-state index contributed by atoms with van der Waals surface area (Å²) in [7, 11) is 0. The first-order valence-electron chi connectivity index (χ1n) is 9.97. The topological polar surface area (TPSA) is 81.8 Å². The van der Waals surface area contributed by atoms with Crippen LogP contribution in [0.3, 0.4) is 0 Å². The Kier molecular flexibility index (Phi) is 5.76. The number of imide groups is 1. The summed E-state index contributed by atoms with van der Waals surface area (Å²) in [5.74, 6) is -0.752. The molecule has 2 fully saturated rings. The van der Waals surface area contributed by atoms with Gasteiger partial charge in [0.05, 0.1) is 0 Å². The lowest BCUT2D eigenvalue weighted by Gasteiger charge is -2.33. The van der Waals surface area contributed by atoms with E-state index in [9.17, 15) is 18.8 Å². The van der Waals surface area contributed by atoms with Crippen molar-refractivity contribution in [3.05, 3.63) is 65.5 Å². The third-order valence-electron chi connectivity index (χ3n) is 5.43. The van der Waals surface area contributed by atoms with Crippen LogP contribution in [0.1, 0.15) is 28.8 Å². The monoisotopic (exact) mass is 410 g/mol. The predicted octanol–water partition coefficient (Wildman–Crippen LogP) is 2.28. The average Bonchev–Trinajstić information content (AvgIpc) is 3.08. The van der Waals surface area contributed by atoms with E-state index in [1.165, 1.54) is 11.0 Å². The highest BCUT2D eigenvalue weighted by atomic mass is 19.1. The Hall–Kier alpha value is -3.26. The number of piperidine rings is 1. The van der Waals surface area contributed by atoms with Crippen molar-refractivity contribution < 1.29 is 18.8 Å². The Morgan fingerprint density at radius 3 is 2.60 bits per heavy atom. The number of carbonyl (C=O) groups excluding carboxylic acids is 3. The van der Waals surface area contributed by atoms with Crippen molar-refractivity contribution >= 4 is 23.5 Å². The molecular weight excluding hydrogens is 387 g/mol. The molecule has 1 atom stereocenters. The summed E-state index contributed by atoms with van der Waals surface area (Å²) in [6.07, 6.45) is 1.80. The summed E-state index contributed by atoms with van der Waals surface area (Å²) in [6.45, 7) is 2.02. The number of hydrogen-bond donors (Lipinski definition) is 2. The number of nitrogens with zero attached hydrogens (tertiary/aromatic N) is 2. The summed E-state index contributed by atoms with van der Waals surface area (Å²) < 4.78 is 13.9. The van der Waals surface area contributed by atoms with E-state index >= 15 is 0 Å². The predicted molar refractivity (Wildman–Crippen MR) is 109 cm³/mol. The maximum Gasteiger partial charge on any atom is 0.329 e. The van der Waals surface area contributed by atoms with Gasteiger partial charge < -0.3 is 5.32 Å². The zero-order chi connectivity index (χ0) is 21.1. The smallest absolute Gasteiger partial charge is 0.329 e. The zero-order valence-corrected chi connectivity index (χ0v) is 16.4. The minimum atomic E-state index is -0.464. The van der Waals surface area contributed by atoms with Crippen LogP contribution in [-0.4, -0.2) is 48.4 Å². The van der Waals surface area contributed by atoms with Gasteiger partial charge in [-0.1, -0.05) is 18.2 Å². The van der Waals surface area contributed by atoms with E-state index in [0.29, 0.717) is 29.9 Å². The Morgan fingerprint density at radius 2 is 1.90 bits per heavy atom. The van der Waals surface area contributed by atoms with Crippen molar-refractivity contribution in [2.75, 3.05) is 24.5 Å². The Balaban J connectivity index is 1.34. The van der Waals surface area contributed by atoms with Crippen molar-refractivity contribution in [1.29, 1.82) is 0 Å². The molecule has 0 saturated carbocycles. The number of carbonyl (C=O) groups is 3. The standard InChI is InChI=1S/C22H23FN4O3/c23-19-6-2-1-4-16(19)12-26-11-3-5-17(13-26)24-21(29)15-7-9-18(10-8-15)27-14-20(28)25-22(27)30/h1-2,4,6-10,17H,3,5,11-14H2,(H,24,29)(H,25,28,30)/t17-/m0/s1. The molecule has 7 nitrogen and oxygen atoms in total. The van der Waals surface area contributed by atoms with E-state index in [0.717, 1.165) is 19.4 Å². The number of hydrogen-bond acceptors (Lipinski definition) is 4. The van der Waals surface area contributed by atoms with Gasteiger partial charge in [0.2, 0.25) is 5.91 Å². The van der Waals surface area contributed by atoms with Gasteiger partial charge in [-0.15, -0.1) is 0 Å². The number of anilines is 1. The molecule has 2 aromatic carbocycles. The molecule has 0 aromatic heterocycles. The van der Waals surface area contributed by atoms with Crippen LogP contribution in [0.15, 0.2) is 48.5 Å². The fourth-order valence-electron chi connectivity index (χ4n) is 3.90. The average molecular weight is 410 g/mol. The third-order valence-corrected chi connectivity index (χ3v) is 5.43. The lowest BCUT2D eigenvalue weighted by molar-refractivity contribution is -0.117. The molecule has 2 saturated heterocycles. The molecule has 2 aromatic rings. The highest BCUT2D eigenvalue weighted by Crippen LogP contribution is 2.19. The van der Waals surface area contributed by atoms with Crippen molar-refractivity contribution in [2.45, 2.75) is 25.4 Å². The van der Waals surface area contributed by atoms with Crippen LogP contribution in [0.2, 0.25) is 0 Å². The van der Waals surface area contributed by atoms with Crippen molar-refractivity contribution in [3.63, 3.8) is 0 Å². The van der Waals surface area contributed by atoms with E-state index in [1.807, 2.05) is 6.07 Å². The number of likely N-dealkylation sites (tertiary alicyclic amines) is 1. The van der Waals surface area contributed by atoms with E-state index in [2.05, 4.69) is 15.5 Å². The van der Waals surface area contributed by atoms with Gasteiger partial charge >= 0.3 is 6.03 Å². The van der Waals surface area contributed by atoms with Gasteiger partial charge in [0.25, 0.3) is 5.91 Å². The van der Waals surface area contributed by atoms with Gasteiger partial charge in [-0.2, -0.15) is 0 Å². The SMILES string of the molecule is O=C1CN(c2ccc(C(=O)N[C@H]3CCCN(Cc4ccccc4F)C3)cc2)C(=O)N1. The molecule has 0 aliphatic carbocycles. The van der Waals surface area contributed by atoms with Crippen molar-refractivity contribution in [3.8, 4) is 0 Å². The maximum atomic E-state index is 13.9. The molecule has 0 spiro atoms. The summed E-state index contributed by atoms with van der Waals surface area (Å²) in [4.78, 5) is 39.2. The number of halogens is 1. The Bertz CT molecular complexity index is 963. The number of rotatable bonds is 5. The number of benzene rings is 2. The number of urea groups is 1. The molecule has 2 aliphatic rings. The van der Waals surface area contributed by atoms with Crippen LogP contribution < -0.4 is 15.5 Å². The van der Waals surface area contributed by atoms with Crippen molar-refractivity contribution in [1.82, 2.24) is 15.5 Å². The van der Waals surface area contributed by atoms with E-state index in [-0.39, 0.29) is 30.2 Å². The second kappa shape index (κ2) is 8.62. The molecule has 2 heterocycles. The highest BCUT2D eigenvalue weighted by molar-refractivity contribution is 6.12.